The first-order valence-corrected chi connectivity index (χ1v) is 10.5. The number of hydrogen-bond acceptors (Lipinski definition) is 7. The van der Waals surface area contributed by atoms with E-state index >= 15 is 0 Å². The molecule has 3 rings (SSSR count). The van der Waals surface area contributed by atoms with Crippen LogP contribution < -0.4 is 10.1 Å². The van der Waals surface area contributed by atoms with Gasteiger partial charge in [-0.25, -0.2) is 0 Å². The molecule has 31 heavy (non-hydrogen) atoms. The third-order valence-corrected chi connectivity index (χ3v) is 5.79. The molecule has 8 nitrogen and oxygen atoms in total. The lowest BCUT2D eigenvalue weighted by atomic mass is 10.2. The van der Waals surface area contributed by atoms with Crippen molar-refractivity contribution in [1.29, 1.82) is 0 Å². The molecule has 0 aliphatic carbocycles. The number of nitro groups is 1. The van der Waals surface area contributed by atoms with Crippen LogP contribution in [0.4, 0.5) is 11.4 Å². The summed E-state index contributed by atoms with van der Waals surface area (Å²) in [4.78, 5) is 37.1. The summed E-state index contributed by atoms with van der Waals surface area (Å²) in [6.07, 6.45) is 2.26. The number of nitro benzene ring substituents is 1. The quantitative estimate of drug-likeness (QED) is 0.274. The number of amides is 2. The Hall–Kier alpha value is -3.24. The Morgan fingerprint density at radius 1 is 1.29 bits per heavy atom. The smallest absolute Gasteiger partial charge is 0.270 e. The molecule has 1 fully saturated rings. The lowest BCUT2D eigenvalue weighted by Gasteiger charge is -2.14. The standard InChI is InChI=1S/C21H19N3O5S2/c1-29-17-9-7-15(8-10-17)22-19(25)6-3-11-23-20(26)18(31-21(23)30)13-14-4-2-5-16(12-14)24(27)28/h2,4-5,7-10,12-13H,3,6,11H2,1H3,(H,22,25)/b18-13-. The fourth-order valence-electron chi connectivity index (χ4n) is 2.87. The highest BCUT2D eigenvalue weighted by Gasteiger charge is 2.31. The number of non-ortho nitro benzene ring substituents is 1. The average Bonchev–Trinajstić information content (AvgIpc) is 3.01. The molecule has 0 bridgehead atoms. The first-order valence-electron chi connectivity index (χ1n) is 9.31. The SMILES string of the molecule is COc1ccc(NC(=O)CCCN2C(=O)/C(=C/c3cccc([N+](=O)[O-])c3)SC2=S)cc1. The van der Waals surface area contributed by atoms with Gasteiger partial charge in [-0.05, 0) is 42.3 Å². The van der Waals surface area contributed by atoms with Crippen molar-refractivity contribution in [2.24, 2.45) is 0 Å². The van der Waals surface area contributed by atoms with Crippen molar-refractivity contribution >= 4 is 57.6 Å². The Balaban J connectivity index is 1.54. The normalized spacial score (nSPS) is 14.7. The van der Waals surface area contributed by atoms with Crippen LogP contribution in [0.25, 0.3) is 6.08 Å². The minimum Gasteiger partial charge on any atom is -0.497 e. The molecule has 0 atom stereocenters. The molecule has 0 spiro atoms. The molecule has 160 valence electrons. The third kappa shape index (κ3) is 5.89. The van der Waals surface area contributed by atoms with Gasteiger partial charge < -0.3 is 10.1 Å². The number of carbonyl (C=O) groups excluding carboxylic acids is 2. The van der Waals surface area contributed by atoms with Crippen molar-refractivity contribution < 1.29 is 19.2 Å². The molecule has 2 amide bonds. The zero-order valence-electron chi connectivity index (χ0n) is 16.6. The van der Waals surface area contributed by atoms with Gasteiger partial charge in [-0.2, -0.15) is 0 Å². The molecule has 2 aromatic rings. The minimum absolute atomic E-state index is 0.0490. The van der Waals surface area contributed by atoms with Crippen LogP contribution in [0.3, 0.4) is 0 Å². The number of thiocarbonyl (C=S) groups is 1. The van der Waals surface area contributed by atoms with E-state index < -0.39 is 4.92 Å². The average molecular weight is 458 g/mol. The molecular weight excluding hydrogens is 438 g/mol. The van der Waals surface area contributed by atoms with E-state index in [2.05, 4.69) is 5.32 Å². The maximum absolute atomic E-state index is 12.7. The Morgan fingerprint density at radius 2 is 2.03 bits per heavy atom. The summed E-state index contributed by atoms with van der Waals surface area (Å²) in [6.45, 7) is 0.312. The van der Waals surface area contributed by atoms with E-state index in [0.29, 0.717) is 39.2 Å². The van der Waals surface area contributed by atoms with Crippen LogP contribution in [-0.2, 0) is 9.59 Å². The van der Waals surface area contributed by atoms with E-state index in [1.54, 1.807) is 49.6 Å². The van der Waals surface area contributed by atoms with Gasteiger partial charge in [0.1, 0.15) is 10.1 Å². The number of rotatable bonds is 8. The first kappa shape index (κ1) is 22.4. The van der Waals surface area contributed by atoms with Gasteiger partial charge in [-0.3, -0.25) is 24.6 Å². The zero-order valence-corrected chi connectivity index (χ0v) is 18.2. The lowest BCUT2D eigenvalue weighted by Crippen LogP contribution is -2.29. The summed E-state index contributed by atoms with van der Waals surface area (Å²) in [6, 6.07) is 13.0. The maximum Gasteiger partial charge on any atom is 0.270 e. The second kappa shape index (κ2) is 10.2. The highest BCUT2D eigenvalue weighted by molar-refractivity contribution is 8.26. The first-order chi connectivity index (χ1) is 14.9. The summed E-state index contributed by atoms with van der Waals surface area (Å²) in [5.41, 5.74) is 1.16. The van der Waals surface area contributed by atoms with Gasteiger partial charge in [0.15, 0.2) is 0 Å². The molecule has 0 unspecified atom stereocenters. The van der Waals surface area contributed by atoms with Gasteiger partial charge >= 0.3 is 0 Å². The van der Waals surface area contributed by atoms with E-state index in [1.807, 2.05) is 0 Å². The van der Waals surface area contributed by atoms with Crippen LogP contribution in [-0.4, -0.2) is 39.6 Å². The fourth-order valence-corrected chi connectivity index (χ4v) is 4.18. The van der Waals surface area contributed by atoms with Gasteiger partial charge in [0, 0.05) is 30.8 Å². The summed E-state index contributed by atoms with van der Waals surface area (Å²) in [7, 11) is 1.57. The monoisotopic (exact) mass is 457 g/mol. The molecule has 2 aromatic carbocycles. The van der Waals surface area contributed by atoms with Crippen LogP contribution in [0.15, 0.2) is 53.4 Å². The van der Waals surface area contributed by atoms with Crippen LogP contribution in [0.2, 0.25) is 0 Å². The Labute approximate surface area is 188 Å². The van der Waals surface area contributed by atoms with Crippen molar-refractivity contribution in [1.82, 2.24) is 4.90 Å². The Morgan fingerprint density at radius 3 is 2.71 bits per heavy atom. The van der Waals surface area contributed by atoms with E-state index in [9.17, 15) is 19.7 Å². The van der Waals surface area contributed by atoms with E-state index in [4.69, 9.17) is 17.0 Å². The van der Waals surface area contributed by atoms with Gasteiger partial charge in [0.05, 0.1) is 16.9 Å². The molecular formula is C21H19N3O5S2. The van der Waals surface area contributed by atoms with Gasteiger partial charge in [0.25, 0.3) is 11.6 Å². The zero-order chi connectivity index (χ0) is 22.4. The van der Waals surface area contributed by atoms with Crippen molar-refractivity contribution in [2.45, 2.75) is 12.8 Å². The van der Waals surface area contributed by atoms with E-state index in [1.165, 1.54) is 17.0 Å². The molecule has 1 heterocycles. The van der Waals surface area contributed by atoms with Crippen LogP contribution >= 0.6 is 24.0 Å². The summed E-state index contributed by atoms with van der Waals surface area (Å²) < 4.78 is 5.48. The Bertz CT molecular complexity index is 1050. The number of nitrogens with zero attached hydrogens (tertiary/aromatic N) is 2. The molecule has 1 aliphatic heterocycles. The maximum atomic E-state index is 12.7. The van der Waals surface area contributed by atoms with Crippen LogP contribution in [0.5, 0.6) is 5.75 Å². The second-order valence-corrected chi connectivity index (χ2v) is 8.24. The number of methoxy groups -OCH3 is 1. The topological polar surface area (TPSA) is 102 Å². The third-order valence-electron chi connectivity index (χ3n) is 4.41. The Kier molecular flexibility index (Phi) is 7.37. The summed E-state index contributed by atoms with van der Waals surface area (Å²) >= 11 is 6.43. The van der Waals surface area contributed by atoms with E-state index in [0.717, 1.165) is 11.8 Å². The fraction of sp³-hybridized carbons (Fsp3) is 0.190. The highest BCUT2D eigenvalue weighted by Crippen LogP contribution is 2.33. The number of thioether (sulfide) groups is 1. The molecule has 0 radical (unpaired) electrons. The molecule has 0 saturated carbocycles. The predicted molar refractivity (Wildman–Crippen MR) is 124 cm³/mol. The molecule has 10 heteroatoms. The number of ether oxygens (including phenoxy) is 1. The second-order valence-electron chi connectivity index (χ2n) is 6.57. The van der Waals surface area contributed by atoms with Crippen molar-refractivity contribution in [3.8, 4) is 5.75 Å². The van der Waals surface area contributed by atoms with Crippen LogP contribution in [0, 0.1) is 10.1 Å². The number of carbonyl (C=O) groups is 2. The van der Waals surface area contributed by atoms with E-state index in [-0.39, 0.29) is 23.9 Å². The summed E-state index contributed by atoms with van der Waals surface area (Å²) in [5, 5.41) is 13.7. The van der Waals surface area contributed by atoms with Crippen LogP contribution in [0.1, 0.15) is 18.4 Å². The molecule has 1 saturated heterocycles. The molecule has 0 aromatic heterocycles. The van der Waals surface area contributed by atoms with Gasteiger partial charge in [-0.1, -0.05) is 36.1 Å². The van der Waals surface area contributed by atoms with Gasteiger partial charge in [0.2, 0.25) is 5.91 Å². The van der Waals surface area contributed by atoms with Crippen molar-refractivity contribution in [3.05, 3.63) is 69.1 Å². The predicted octanol–water partition coefficient (Wildman–Crippen LogP) is 4.22. The molecule has 1 N–H and O–H groups in total. The molecule has 1 aliphatic rings. The number of benzene rings is 2. The van der Waals surface area contributed by atoms with Crippen molar-refractivity contribution in [2.75, 3.05) is 19.0 Å². The summed E-state index contributed by atoms with van der Waals surface area (Å²) in [5.74, 6) is 0.269. The largest absolute Gasteiger partial charge is 0.497 e. The number of nitrogens with one attached hydrogen (secondary N) is 1. The number of anilines is 1. The van der Waals surface area contributed by atoms with Crippen molar-refractivity contribution in [3.63, 3.8) is 0 Å². The minimum atomic E-state index is -0.487. The highest BCUT2D eigenvalue weighted by atomic mass is 32.2. The lowest BCUT2D eigenvalue weighted by molar-refractivity contribution is -0.384. The van der Waals surface area contributed by atoms with Gasteiger partial charge in [-0.15, -0.1) is 0 Å². The number of hydrogen-bond donors (Lipinski definition) is 1.